The van der Waals surface area contributed by atoms with E-state index in [0.29, 0.717) is 12.5 Å². The molecular formula is C13H16NO2. The van der Waals surface area contributed by atoms with E-state index in [1.807, 2.05) is 30.3 Å². The highest BCUT2D eigenvalue weighted by Gasteiger charge is 2.28. The molecule has 0 unspecified atom stereocenters. The maximum absolute atomic E-state index is 11.4. The van der Waals surface area contributed by atoms with Crippen LogP contribution in [0, 0.1) is 12.8 Å². The van der Waals surface area contributed by atoms with Gasteiger partial charge in [-0.15, -0.1) is 0 Å². The summed E-state index contributed by atoms with van der Waals surface area (Å²) in [7, 11) is 0. The number of hydrogen-bond donors (Lipinski definition) is 1. The normalized spacial score (nSPS) is 23.3. The first kappa shape index (κ1) is 11.0. The molecule has 2 atom stereocenters. The number of amides is 1. The Kier molecular flexibility index (Phi) is 3.44. The summed E-state index contributed by atoms with van der Waals surface area (Å²) >= 11 is 0. The van der Waals surface area contributed by atoms with Gasteiger partial charge in [0, 0.05) is 6.04 Å². The van der Waals surface area contributed by atoms with Gasteiger partial charge in [0.15, 0.2) is 0 Å². The van der Waals surface area contributed by atoms with E-state index in [4.69, 9.17) is 4.74 Å². The Labute approximate surface area is 95.8 Å². The molecular weight excluding hydrogens is 202 g/mol. The lowest BCUT2D eigenvalue weighted by molar-refractivity contribution is 0.124. The second kappa shape index (κ2) is 5.01. The van der Waals surface area contributed by atoms with Gasteiger partial charge in [0.2, 0.25) is 0 Å². The molecule has 2 rings (SSSR count). The van der Waals surface area contributed by atoms with Gasteiger partial charge in [0.05, 0.1) is 0 Å². The first-order valence-corrected chi connectivity index (χ1v) is 5.56. The van der Waals surface area contributed by atoms with E-state index in [1.54, 1.807) is 0 Å². The highest BCUT2D eigenvalue weighted by atomic mass is 16.5. The number of rotatable bonds is 3. The molecule has 3 nitrogen and oxygen atoms in total. The third-order valence-corrected chi connectivity index (χ3v) is 2.93. The second-order valence-corrected chi connectivity index (χ2v) is 4.15. The van der Waals surface area contributed by atoms with E-state index in [9.17, 15) is 4.79 Å². The Bertz CT molecular complexity index is 350. The van der Waals surface area contributed by atoms with Crippen molar-refractivity contribution in [3.8, 4) is 0 Å². The molecule has 0 aliphatic heterocycles. The van der Waals surface area contributed by atoms with Crippen molar-refractivity contribution in [1.82, 2.24) is 5.32 Å². The summed E-state index contributed by atoms with van der Waals surface area (Å²) in [5.74, 6) is 0.337. The fraction of sp³-hybridized carbons (Fsp3) is 0.385. The van der Waals surface area contributed by atoms with Gasteiger partial charge in [-0.25, -0.2) is 4.79 Å². The highest BCUT2D eigenvalue weighted by Crippen LogP contribution is 2.25. The number of carbonyl (C=O) groups is 1. The summed E-state index contributed by atoms with van der Waals surface area (Å²) in [5.41, 5.74) is 0.998. The summed E-state index contributed by atoms with van der Waals surface area (Å²) in [6.45, 7) is 4.25. The summed E-state index contributed by atoms with van der Waals surface area (Å²) in [4.78, 5) is 11.4. The monoisotopic (exact) mass is 218 g/mol. The van der Waals surface area contributed by atoms with Crippen molar-refractivity contribution in [1.29, 1.82) is 0 Å². The third kappa shape index (κ3) is 2.75. The lowest BCUT2D eigenvalue weighted by atomic mass is 9.81. The van der Waals surface area contributed by atoms with Crippen molar-refractivity contribution >= 4 is 6.09 Å². The van der Waals surface area contributed by atoms with E-state index < -0.39 is 0 Å². The van der Waals surface area contributed by atoms with Crippen LogP contribution >= 0.6 is 0 Å². The number of ether oxygens (including phenoxy) is 1. The molecule has 0 bridgehead atoms. The highest BCUT2D eigenvalue weighted by molar-refractivity contribution is 5.67. The maximum atomic E-state index is 11.4. The van der Waals surface area contributed by atoms with Crippen LogP contribution in [0.3, 0.4) is 0 Å². The van der Waals surface area contributed by atoms with Crippen LogP contribution in [0.25, 0.3) is 0 Å². The van der Waals surface area contributed by atoms with Crippen molar-refractivity contribution in [2.45, 2.75) is 25.5 Å². The minimum atomic E-state index is -0.345. The van der Waals surface area contributed by atoms with E-state index >= 15 is 0 Å². The molecule has 1 aromatic carbocycles. The molecule has 16 heavy (non-hydrogen) atoms. The Hall–Kier alpha value is -1.51. The molecule has 0 saturated heterocycles. The molecule has 1 fully saturated rings. The predicted molar refractivity (Wildman–Crippen MR) is 61.6 cm³/mol. The van der Waals surface area contributed by atoms with Gasteiger partial charge >= 0.3 is 6.09 Å². The molecule has 1 aromatic rings. The van der Waals surface area contributed by atoms with Crippen LogP contribution < -0.4 is 5.32 Å². The fourth-order valence-corrected chi connectivity index (χ4v) is 1.68. The van der Waals surface area contributed by atoms with Gasteiger partial charge in [0.1, 0.15) is 6.61 Å². The maximum Gasteiger partial charge on any atom is 0.407 e. The molecule has 1 N–H and O–H groups in total. The minimum Gasteiger partial charge on any atom is -0.445 e. The second-order valence-electron chi connectivity index (χ2n) is 4.15. The number of alkyl carbamates (subject to hydrolysis) is 1. The molecule has 0 spiro atoms. The van der Waals surface area contributed by atoms with Crippen LogP contribution in [0.15, 0.2) is 30.3 Å². The Balaban J connectivity index is 1.72. The Morgan fingerprint density at radius 1 is 1.38 bits per heavy atom. The van der Waals surface area contributed by atoms with E-state index in [0.717, 1.165) is 18.4 Å². The van der Waals surface area contributed by atoms with Crippen molar-refractivity contribution in [2.24, 2.45) is 5.92 Å². The average Bonchev–Trinajstić information content (AvgIpc) is 2.33. The molecule has 0 heterocycles. The molecule has 0 aromatic heterocycles. The predicted octanol–water partition coefficient (Wildman–Crippen LogP) is 2.53. The Morgan fingerprint density at radius 3 is 2.69 bits per heavy atom. The largest absolute Gasteiger partial charge is 0.445 e. The fourth-order valence-electron chi connectivity index (χ4n) is 1.68. The van der Waals surface area contributed by atoms with Crippen molar-refractivity contribution < 1.29 is 9.53 Å². The summed E-state index contributed by atoms with van der Waals surface area (Å²) in [6, 6.07) is 9.85. The number of hydrogen-bond acceptors (Lipinski definition) is 2. The summed E-state index contributed by atoms with van der Waals surface area (Å²) in [6.07, 6.45) is 1.75. The smallest absolute Gasteiger partial charge is 0.407 e. The summed E-state index contributed by atoms with van der Waals surface area (Å²) < 4.78 is 5.10. The van der Waals surface area contributed by atoms with Crippen molar-refractivity contribution in [3.63, 3.8) is 0 Å². The number of benzene rings is 1. The van der Waals surface area contributed by atoms with Gasteiger partial charge in [0.25, 0.3) is 0 Å². The van der Waals surface area contributed by atoms with Crippen molar-refractivity contribution in [2.75, 3.05) is 0 Å². The summed E-state index contributed by atoms with van der Waals surface area (Å²) in [5, 5.41) is 2.81. The minimum absolute atomic E-state index is 0.197. The van der Waals surface area contributed by atoms with Gasteiger partial charge in [-0.1, -0.05) is 30.3 Å². The van der Waals surface area contributed by atoms with E-state index in [-0.39, 0.29) is 12.1 Å². The molecule has 85 valence electrons. The van der Waals surface area contributed by atoms with Crippen molar-refractivity contribution in [3.05, 3.63) is 42.8 Å². The quantitative estimate of drug-likeness (QED) is 0.846. The molecule has 1 radical (unpaired) electrons. The SMILES string of the molecule is [CH2][C@@H]1CC[C@@H]1NC(=O)OCc1ccccc1. The third-order valence-electron chi connectivity index (χ3n) is 2.93. The van der Waals surface area contributed by atoms with Gasteiger partial charge in [-0.2, -0.15) is 0 Å². The average molecular weight is 218 g/mol. The molecule has 1 aliphatic carbocycles. The molecule has 1 aliphatic rings. The van der Waals surface area contributed by atoms with Crippen LogP contribution in [0.2, 0.25) is 0 Å². The number of carbonyl (C=O) groups excluding carboxylic acids is 1. The van der Waals surface area contributed by atoms with Crippen LogP contribution in [0.1, 0.15) is 18.4 Å². The first-order chi connectivity index (χ1) is 7.75. The van der Waals surface area contributed by atoms with Gasteiger partial charge < -0.3 is 10.1 Å². The van der Waals surface area contributed by atoms with Crippen LogP contribution in [0.5, 0.6) is 0 Å². The van der Waals surface area contributed by atoms with E-state index in [2.05, 4.69) is 12.2 Å². The van der Waals surface area contributed by atoms with Gasteiger partial charge in [-0.05, 0) is 31.2 Å². The first-order valence-electron chi connectivity index (χ1n) is 5.56. The van der Waals surface area contributed by atoms with Crippen LogP contribution in [-0.4, -0.2) is 12.1 Å². The topological polar surface area (TPSA) is 38.3 Å². The van der Waals surface area contributed by atoms with E-state index in [1.165, 1.54) is 0 Å². The zero-order chi connectivity index (χ0) is 11.4. The molecule has 1 saturated carbocycles. The zero-order valence-electron chi connectivity index (χ0n) is 9.19. The lowest BCUT2D eigenvalue weighted by Crippen LogP contribution is -2.45. The number of nitrogens with one attached hydrogen (secondary N) is 1. The Morgan fingerprint density at radius 2 is 2.12 bits per heavy atom. The molecule has 3 heteroatoms. The standard InChI is InChI=1S/C13H16NO2/c1-10-7-8-12(10)14-13(15)16-9-11-5-3-2-4-6-11/h2-6,10,12H,1,7-9H2,(H,14,15)/t10-,12+/m1/s1. The lowest BCUT2D eigenvalue weighted by Gasteiger charge is -2.33. The van der Waals surface area contributed by atoms with Gasteiger partial charge in [-0.3, -0.25) is 0 Å². The van der Waals surface area contributed by atoms with Crippen LogP contribution in [0.4, 0.5) is 4.79 Å². The zero-order valence-corrected chi connectivity index (χ0v) is 9.19. The van der Waals surface area contributed by atoms with Crippen LogP contribution in [-0.2, 0) is 11.3 Å². The molecule has 1 amide bonds.